The minimum absolute atomic E-state index is 0.296. The molecule has 19 heavy (non-hydrogen) atoms. The van der Waals surface area contributed by atoms with Crippen molar-refractivity contribution >= 4 is 28.7 Å². The number of fused-ring (bicyclic) bond motifs is 1. The maximum absolute atomic E-state index is 9.02. The molecular weight excluding hydrogens is 256 g/mol. The van der Waals surface area contributed by atoms with Gasteiger partial charge in [0, 0.05) is 11.3 Å². The molecule has 1 heterocycles. The quantitative estimate of drug-likeness (QED) is 0.933. The number of nitrogen functional groups attached to an aromatic ring is 1. The molecule has 1 saturated carbocycles. The Labute approximate surface area is 116 Å². The van der Waals surface area contributed by atoms with Crippen molar-refractivity contribution in [1.82, 2.24) is 9.55 Å². The second-order valence-corrected chi connectivity index (χ2v) is 6.39. The number of anilines is 1. The van der Waals surface area contributed by atoms with Crippen molar-refractivity contribution < 1.29 is 0 Å². The van der Waals surface area contributed by atoms with E-state index in [1.54, 1.807) is 6.07 Å². The fourth-order valence-corrected chi connectivity index (χ4v) is 3.62. The lowest BCUT2D eigenvalue weighted by atomic mass is 9.84. The van der Waals surface area contributed by atoms with E-state index in [2.05, 4.69) is 21.9 Å². The number of imidazole rings is 1. The van der Waals surface area contributed by atoms with Gasteiger partial charge in [0.25, 0.3) is 0 Å². The van der Waals surface area contributed by atoms with Crippen LogP contribution < -0.4 is 5.73 Å². The van der Waals surface area contributed by atoms with Gasteiger partial charge in [0.05, 0.1) is 22.7 Å². The monoisotopic (exact) mass is 272 g/mol. The third kappa shape index (κ3) is 1.96. The predicted octanol–water partition coefficient (Wildman–Crippen LogP) is 2.78. The summed E-state index contributed by atoms with van der Waals surface area (Å²) in [7, 11) is 0. The predicted molar refractivity (Wildman–Crippen MR) is 79.0 cm³/mol. The van der Waals surface area contributed by atoms with Gasteiger partial charge in [0.2, 0.25) is 5.95 Å². The van der Waals surface area contributed by atoms with Gasteiger partial charge in [0.15, 0.2) is 0 Å². The highest BCUT2D eigenvalue weighted by atomic mass is 32.2. The summed E-state index contributed by atoms with van der Waals surface area (Å²) in [5, 5.41) is 9.02. The van der Waals surface area contributed by atoms with Gasteiger partial charge >= 0.3 is 0 Å². The van der Waals surface area contributed by atoms with Crippen molar-refractivity contribution in [3.05, 3.63) is 23.8 Å². The fraction of sp³-hybridized carbons (Fsp3) is 0.429. The van der Waals surface area contributed by atoms with Gasteiger partial charge in [-0.15, -0.1) is 0 Å². The molecular formula is C14H16N4S. The highest BCUT2D eigenvalue weighted by Crippen LogP contribution is 2.44. The van der Waals surface area contributed by atoms with Crippen LogP contribution in [0.1, 0.15) is 24.8 Å². The molecule has 0 bridgehead atoms. The highest BCUT2D eigenvalue weighted by molar-refractivity contribution is 8.00. The topological polar surface area (TPSA) is 67.6 Å². The number of nitrogens with zero attached hydrogens (tertiary/aromatic N) is 3. The molecule has 1 aliphatic rings. The van der Waals surface area contributed by atoms with Crippen LogP contribution in [0.4, 0.5) is 5.95 Å². The minimum atomic E-state index is 0.296. The van der Waals surface area contributed by atoms with Crippen molar-refractivity contribution in [3.63, 3.8) is 0 Å². The summed E-state index contributed by atoms with van der Waals surface area (Å²) in [6.07, 6.45) is 5.91. The highest BCUT2D eigenvalue weighted by Gasteiger charge is 2.37. The van der Waals surface area contributed by atoms with Crippen LogP contribution in [-0.4, -0.2) is 20.6 Å². The average molecular weight is 272 g/mol. The zero-order chi connectivity index (χ0) is 13.5. The molecule has 0 unspecified atom stereocenters. The van der Waals surface area contributed by atoms with Crippen LogP contribution in [-0.2, 0) is 6.54 Å². The molecule has 4 nitrogen and oxygen atoms in total. The average Bonchev–Trinajstić information content (AvgIpc) is 2.69. The zero-order valence-electron chi connectivity index (χ0n) is 10.9. The summed E-state index contributed by atoms with van der Waals surface area (Å²) >= 11 is 1.92. The molecule has 1 aliphatic carbocycles. The normalized spacial score (nSPS) is 17.1. The number of aromatic nitrogens is 2. The molecule has 1 fully saturated rings. The Morgan fingerprint density at radius 3 is 2.89 bits per heavy atom. The van der Waals surface area contributed by atoms with Crippen LogP contribution in [0.3, 0.4) is 0 Å². The Balaban J connectivity index is 2.07. The smallest absolute Gasteiger partial charge is 0.201 e. The van der Waals surface area contributed by atoms with Gasteiger partial charge in [-0.3, -0.25) is 0 Å². The number of nitrogens with two attached hydrogens (primary N) is 1. The summed E-state index contributed by atoms with van der Waals surface area (Å²) in [5.41, 5.74) is 8.54. The zero-order valence-corrected chi connectivity index (χ0v) is 11.7. The molecule has 0 saturated heterocycles. The van der Waals surface area contributed by atoms with E-state index in [1.807, 2.05) is 23.9 Å². The van der Waals surface area contributed by atoms with Gasteiger partial charge in [-0.05, 0) is 37.3 Å². The molecule has 2 aromatic rings. The molecule has 0 radical (unpaired) electrons. The number of hydrogen-bond acceptors (Lipinski definition) is 4. The molecule has 0 atom stereocenters. The van der Waals surface area contributed by atoms with E-state index in [9.17, 15) is 0 Å². The van der Waals surface area contributed by atoms with Crippen LogP contribution in [0.15, 0.2) is 18.2 Å². The Hall–Kier alpha value is -1.67. The standard InChI is InChI=1S/C14H16N4S/c1-19-14(5-2-6-14)9-18-12-7-10(8-15)3-4-11(12)17-13(18)16/h3-4,7H,2,5-6,9H2,1H3,(H2,16,17). The van der Waals surface area contributed by atoms with E-state index in [4.69, 9.17) is 11.0 Å². The number of hydrogen-bond donors (Lipinski definition) is 1. The third-order valence-corrected chi connectivity index (χ3v) is 5.45. The van der Waals surface area contributed by atoms with E-state index in [0.29, 0.717) is 16.3 Å². The summed E-state index contributed by atoms with van der Waals surface area (Å²) in [6, 6.07) is 7.71. The number of thioether (sulfide) groups is 1. The van der Waals surface area contributed by atoms with E-state index < -0.39 is 0 Å². The van der Waals surface area contributed by atoms with Crippen molar-refractivity contribution in [2.24, 2.45) is 0 Å². The van der Waals surface area contributed by atoms with Gasteiger partial charge in [-0.25, -0.2) is 4.98 Å². The number of nitriles is 1. The van der Waals surface area contributed by atoms with E-state index in [0.717, 1.165) is 17.6 Å². The largest absolute Gasteiger partial charge is 0.369 e. The summed E-state index contributed by atoms with van der Waals surface area (Å²) in [5.74, 6) is 0.547. The summed E-state index contributed by atoms with van der Waals surface area (Å²) in [4.78, 5) is 4.39. The minimum Gasteiger partial charge on any atom is -0.369 e. The second kappa shape index (κ2) is 4.46. The molecule has 1 aromatic heterocycles. The summed E-state index contributed by atoms with van der Waals surface area (Å²) in [6.45, 7) is 0.880. The molecule has 5 heteroatoms. The Morgan fingerprint density at radius 2 is 2.32 bits per heavy atom. The molecule has 0 spiro atoms. The van der Waals surface area contributed by atoms with Gasteiger partial charge in [-0.1, -0.05) is 6.42 Å². The first-order chi connectivity index (χ1) is 9.17. The maximum Gasteiger partial charge on any atom is 0.201 e. The Kier molecular flexibility index (Phi) is 2.90. The molecule has 0 amide bonds. The Morgan fingerprint density at radius 1 is 1.53 bits per heavy atom. The van der Waals surface area contributed by atoms with Gasteiger partial charge in [-0.2, -0.15) is 17.0 Å². The first-order valence-electron chi connectivity index (χ1n) is 6.38. The lowest BCUT2D eigenvalue weighted by Crippen LogP contribution is -2.38. The summed E-state index contributed by atoms with van der Waals surface area (Å²) < 4.78 is 2.36. The van der Waals surface area contributed by atoms with Crippen molar-refractivity contribution in [2.75, 3.05) is 12.0 Å². The maximum atomic E-state index is 9.02. The lowest BCUT2D eigenvalue weighted by Gasteiger charge is -2.40. The Bertz CT molecular complexity index is 658. The molecule has 0 aliphatic heterocycles. The van der Waals surface area contributed by atoms with Crippen molar-refractivity contribution in [3.8, 4) is 6.07 Å². The van der Waals surface area contributed by atoms with E-state index in [1.165, 1.54) is 19.3 Å². The first kappa shape index (κ1) is 12.4. The van der Waals surface area contributed by atoms with Crippen LogP contribution in [0.5, 0.6) is 0 Å². The SMILES string of the molecule is CSC1(Cn2c(N)nc3ccc(C#N)cc32)CCC1. The number of rotatable bonds is 3. The number of benzene rings is 1. The molecule has 3 rings (SSSR count). The van der Waals surface area contributed by atoms with E-state index >= 15 is 0 Å². The first-order valence-corrected chi connectivity index (χ1v) is 7.61. The molecule has 1 aromatic carbocycles. The second-order valence-electron chi connectivity index (χ2n) is 5.11. The lowest BCUT2D eigenvalue weighted by molar-refractivity contribution is 0.326. The van der Waals surface area contributed by atoms with Crippen molar-refractivity contribution in [1.29, 1.82) is 5.26 Å². The molecule has 98 valence electrons. The third-order valence-electron chi connectivity index (χ3n) is 4.05. The van der Waals surface area contributed by atoms with Gasteiger partial charge in [0.1, 0.15) is 0 Å². The van der Waals surface area contributed by atoms with Crippen LogP contribution in [0, 0.1) is 11.3 Å². The van der Waals surface area contributed by atoms with Gasteiger partial charge < -0.3 is 10.3 Å². The van der Waals surface area contributed by atoms with Crippen molar-refractivity contribution in [2.45, 2.75) is 30.6 Å². The fourth-order valence-electron chi connectivity index (χ4n) is 2.66. The van der Waals surface area contributed by atoms with Crippen LogP contribution in [0.2, 0.25) is 0 Å². The molecule has 2 N–H and O–H groups in total. The van der Waals surface area contributed by atoms with E-state index in [-0.39, 0.29) is 0 Å². The van der Waals surface area contributed by atoms with Crippen LogP contribution in [0.25, 0.3) is 11.0 Å². The van der Waals surface area contributed by atoms with Crippen LogP contribution >= 0.6 is 11.8 Å².